The molecule has 0 unspecified atom stereocenters. The van der Waals surface area contributed by atoms with Crippen LogP contribution in [0.3, 0.4) is 0 Å². The van der Waals surface area contributed by atoms with Crippen molar-refractivity contribution in [3.63, 3.8) is 0 Å². The molecule has 0 aliphatic carbocycles. The maximum atomic E-state index is 12.4. The molecule has 0 aliphatic rings. The minimum atomic E-state index is -0.647. The molecule has 0 aliphatic heterocycles. The first-order valence-electron chi connectivity index (χ1n) is 7.88. The van der Waals surface area contributed by atoms with Crippen LogP contribution >= 0.6 is 0 Å². The fourth-order valence-corrected chi connectivity index (χ4v) is 2.62. The lowest BCUT2D eigenvalue weighted by Gasteiger charge is -2.08. The molecule has 0 spiro atoms. The van der Waals surface area contributed by atoms with E-state index >= 15 is 0 Å². The molecule has 2 aromatic heterocycles. The van der Waals surface area contributed by atoms with E-state index in [0.717, 1.165) is 16.5 Å². The summed E-state index contributed by atoms with van der Waals surface area (Å²) in [4.78, 5) is 19.8. The lowest BCUT2D eigenvalue weighted by molar-refractivity contribution is 0.0268. The molecule has 2 aromatic carbocycles. The Bertz CT molecular complexity index is 1020. The smallest absolute Gasteiger partial charge is 0.341 e. The highest BCUT2D eigenvalue weighted by molar-refractivity contribution is 6.04. The van der Waals surface area contributed by atoms with Crippen LogP contribution in [0, 0.1) is 0 Å². The molecular formula is C19H15N3O3. The lowest BCUT2D eigenvalue weighted by Crippen LogP contribution is -2.09. The first kappa shape index (κ1) is 15.1. The molecule has 6 nitrogen and oxygen atoms in total. The van der Waals surface area contributed by atoms with Crippen molar-refractivity contribution < 1.29 is 14.1 Å². The number of aromatic nitrogens is 3. The van der Waals surface area contributed by atoms with Crippen LogP contribution in [0.1, 0.15) is 29.3 Å². The Labute approximate surface area is 143 Å². The normalized spacial score (nSPS) is 12.2. The summed E-state index contributed by atoms with van der Waals surface area (Å²) < 4.78 is 10.7. The molecule has 0 saturated heterocycles. The lowest BCUT2D eigenvalue weighted by atomic mass is 10.2. The fourth-order valence-electron chi connectivity index (χ4n) is 2.62. The maximum Gasteiger partial charge on any atom is 0.341 e. The van der Waals surface area contributed by atoms with E-state index in [1.165, 1.54) is 0 Å². The fraction of sp³-hybridized carbons (Fsp3) is 0.105. The third-order valence-corrected chi connectivity index (χ3v) is 3.91. The van der Waals surface area contributed by atoms with Gasteiger partial charge in [0.1, 0.15) is 0 Å². The summed E-state index contributed by atoms with van der Waals surface area (Å²) in [5.74, 6) is 0.280. The molecule has 6 heteroatoms. The molecule has 4 rings (SSSR count). The van der Waals surface area contributed by atoms with Crippen LogP contribution in [0.5, 0.6) is 0 Å². The van der Waals surface area contributed by atoms with Gasteiger partial charge in [-0.15, -0.1) is 0 Å². The molecule has 0 bridgehead atoms. The van der Waals surface area contributed by atoms with E-state index in [0.29, 0.717) is 11.4 Å². The number of esters is 1. The van der Waals surface area contributed by atoms with Crippen molar-refractivity contribution in [2.75, 3.05) is 0 Å². The predicted molar refractivity (Wildman–Crippen MR) is 91.9 cm³/mol. The molecule has 1 atom stereocenters. The van der Waals surface area contributed by atoms with Crippen molar-refractivity contribution in [3.05, 3.63) is 72.2 Å². The number of nitrogens with zero attached hydrogens (tertiary/aromatic N) is 2. The Hall–Kier alpha value is -3.41. The van der Waals surface area contributed by atoms with Crippen LogP contribution in [0.2, 0.25) is 0 Å². The number of hydrogen-bond donors (Lipinski definition) is 1. The van der Waals surface area contributed by atoms with E-state index in [1.807, 2.05) is 54.6 Å². The van der Waals surface area contributed by atoms with Gasteiger partial charge in [-0.05, 0) is 13.0 Å². The van der Waals surface area contributed by atoms with Gasteiger partial charge in [-0.2, -0.15) is 4.98 Å². The van der Waals surface area contributed by atoms with E-state index in [1.54, 1.807) is 13.1 Å². The number of para-hydroxylation sites is 1. The zero-order chi connectivity index (χ0) is 17.2. The summed E-state index contributed by atoms with van der Waals surface area (Å²) in [7, 11) is 0. The summed E-state index contributed by atoms with van der Waals surface area (Å²) >= 11 is 0. The Morgan fingerprint density at radius 2 is 1.88 bits per heavy atom. The third kappa shape index (κ3) is 2.89. The van der Waals surface area contributed by atoms with Gasteiger partial charge in [0.15, 0.2) is 6.10 Å². The SMILES string of the molecule is C[C@H](OC(=O)c1c[nH]c2ccccc12)c1nc(-c2ccccc2)no1. The van der Waals surface area contributed by atoms with Gasteiger partial charge in [-0.1, -0.05) is 53.7 Å². The average Bonchev–Trinajstić information content (AvgIpc) is 3.30. The Balaban J connectivity index is 1.53. The number of carbonyl (C=O) groups is 1. The van der Waals surface area contributed by atoms with Gasteiger partial charge in [0.2, 0.25) is 5.82 Å². The van der Waals surface area contributed by atoms with Crippen molar-refractivity contribution in [1.29, 1.82) is 0 Å². The second-order valence-corrected chi connectivity index (χ2v) is 5.62. The summed E-state index contributed by atoms with van der Waals surface area (Å²) in [6, 6.07) is 17.0. The average molecular weight is 333 g/mol. The molecular weight excluding hydrogens is 318 g/mol. The van der Waals surface area contributed by atoms with Gasteiger partial charge in [0.25, 0.3) is 5.89 Å². The number of fused-ring (bicyclic) bond motifs is 1. The Kier molecular flexibility index (Phi) is 3.78. The van der Waals surface area contributed by atoms with Gasteiger partial charge < -0.3 is 14.2 Å². The van der Waals surface area contributed by atoms with Gasteiger partial charge in [0, 0.05) is 22.7 Å². The highest BCUT2D eigenvalue weighted by atomic mass is 16.6. The van der Waals surface area contributed by atoms with Gasteiger partial charge in [0.05, 0.1) is 5.56 Å². The van der Waals surface area contributed by atoms with E-state index in [2.05, 4.69) is 15.1 Å². The molecule has 1 N–H and O–H groups in total. The molecule has 2 heterocycles. The van der Waals surface area contributed by atoms with Crippen LogP contribution < -0.4 is 0 Å². The van der Waals surface area contributed by atoms with Gasteiger partial charge in [-0.25, -0.2) is 4.79 Å². The van der Waals surface area contributed by atoms with Crippen LogP contribution in [0.25, 0.3) is 22.3 Å². The van der Waals surface area contributed by atoms with Crippen LogP contribution in [0.4, 0.5) is 0 Å². The van der Waals surface area contributed by atoms with Crippen LogP contribution in [0.15, 0.2) is 65.3 Å². The quantitative estimate of drug-likeness (QED) is 0.568. The zero-order valence-corrected chi connectivity index (χ0v) is 13.5. The monoisotopic (exact) mass is 333 g/mol. The highest BCUT2D eigenvalue weighted by Crippen LogP contribution is 2.24. The molecule has 4 aromatic rings. The maximum absolute atomic E-state index is 12.4. The number of aromatic amines is 1. The van der Waals surface area contributed by atoms with Crippen molar-refractivity contribution in [2.45, 2.75) is 13.0 Å². The zero-order valence-electron chi connectivity index (χ0n) is 13.5. The van der Waals surface area contributed by atoms with Gasteiger partial charge >= 0.3 is 5.97 Å². The number of hydrogen-bond acceptors (Lipinski definition) is 5. The predicted octanol–water partition coefficient (Wildman–Crippen LogP) is 4.14. The number of ether oxygens (including phenoxy) is 1. The Morgan fingerprint density at radius 3 is 2.72 bits per heavy atom. The minimum absolute atomic E-state index is 0.257. The molecule has 0 radical (unpaired) electrons. The highest BCUT2D eigenvalue weighted by Gasteiger charge is 2.21. The number of carbonyl (C=O) groups excluding carboxylic acids is 1. The standard InChI is InChI=1S/C19H15N3O3/c1-12(18-21-17(22-25-18)13-7-3-2-4-8-13)24-19(23)15-11-20-16-10-6-5-9-14(15)16/h2-12,20H,1H3/t12-/m0/s1. The van der Waals surface area contributed by atoms with Crippen LogP contribution in [-0.2, 0) is 4.74 Å². The largest absolute Gasteiger partial charge is 0.449 e. The van der Waals surface area contributed by atoms with E-state index in [9.17, 15) is 4.79 Å². The number of benzene rings is 2. The van der Waals surface area contributed by atoms with E-state index in [-0.39, 0.29) is 5.89 Å². The second-order valence-electron chi connectivity index (χ2n) is 5.62. The first-order chi connectivity index (χ1) is 12.2. The minimum Gasteiger partial charge on any atom is -0.449 e. The topological polar surface area (TPSA) is 81.0 Å². The number of rotatable bonds is 4. The first-order valence-corrected chi connectivity index (χ1v) is 7.88. The molecule has 0 saturated carbocycles. The molecule has 25 heavy (non-hydrogen) atoms. The third-order valence-electron chi connectivity index (χ3n) is 3.91. The van der Waals surface area contributed by atoms with Crippen molar-refractivity contribution >= 4 is 16.9 Å². The summed E-state index contributed by atoms with van der Waals surface area (Å²) in [5.41, 5.74) is 2.20. The molecule has 124 valence electrons. The van der Waals surface area contributed by atoms with Crippen molar-refractivity contribution in [2.24, 2.45) is 0 Å². The second kappa shape index (κ2) is 6.24. The van der Waals surface area contributed by atoms with Crippen molar-refractivity contribution in [1.82, 2.24) is 15.1 Å². The van der Waals surface area contributed by atoms with E-state index in [4.69, 9.17) is 9.26 Å². The van der Waals surface area contributed by atoms with Crippen molar-refractivity contribution in [3.8, 4) is 11.4 Å². The summed E-state index contributed by atoms with van der Waals surface area (Å²) in [5, 5.41) is 4.76. The summed E-state index contributed by atoms with van der Waals surface area (Å²) in [6.45, 7) is 1.70. The number of H-pyrrole nitrogens is 1. The van der Waals surface area contributed by atoms with Crippen LogP contribution in [-0.4, -0.2) is 21.1 Å². The Morgan fingerprint density at radius 1 is 1.12 bits per heavy atom. The van der Waals surface area contributed by atoms with E-state index < -0.39 is 12.1 Å². The van der Waals surface area contributed by atoms with Gasteiger partial charge in [-0.3, -0.25) is 0 Å². The molecule has 0 fully saturated rings. The molecule has 0 amide bonds. The summed E-state index contributed by atoms with van der Waals surface area (Å²) in [6.07, 6.45) is 0.995. The number of nitrogens with one attached hydrogen (secondary N) is 1.